The van der Waals surface area contributed by atoms with Crippen molar-refractivity contribution in [3.8, 4) is 11.3 Å². The van der Waals surface area contributed by atoms with Gasteiger partial charge in [0.1, 0.15) is 12.1 Å². The molecule has 0 saturated heterocycles. The van der Waals surface area contributed by atoms with Crippen LogP contribution in [0.3, 0.4) is 0 Å². The lowest BCUT2D eigenvalue weighted by molar-refractivity contribution is -0.883. The molecule has 0 radical (unpaired) electrons. The molecule has 4 nitrogen and oxygen atoms in total. The van der Waals surface area contributed by atoms with Crippen LogP contribution in [0.4, 0.5) is 0 Å². The van der Waals surface area contributed by atoms with Crippen molar-refractivity contribution in [1.29, 1.82) is 0 Å². The van der Waals surface area contributed by atoms with Crippen LogP contribution in [0.1, 0.15) is 5.56 Å². The molecule has 2 heterocycles. The van der Waals surface area contributed by atoms with Gasteiger partial charge in [0.15, 0.2) is 5.65 Å². The highest BCUT2D eigenvalue weighted by Gasteiger charge is 2.20. The zero-order chi connectivity index (χ0) is 14.2. The van der Waals surface area contributed by atoms with Crippen molar-refractivity contribution >= 4 is 11.2 Å². The van der Waals surface area contributed by atoms with Gasteiger partial charge in [-0.15, -0.1) is 0 Å². The number of hydrogen-bond donors (Lipinski definition) is 1. The van der Waals surface area contributed by atoms with Crippen LogP contribution in [-0.4, -0.2) is 40.6 Å². The van der Waals surface area contributed by atoms with Gasteiger partial charge < -0.3 is 9.47 Å². The highest BCUT2D eigenvalue weighted by atomic mass is 15.3. The molecule has 1 aromatic carbocycles. The van der Waals surface area contributed by atoms with Gasteiger partial charge in [-0.1, -0.05) is 30.3 Å². The summed E-state index contributed by atoms with van der Waals surface area (Å²) in [6.07, 6.45) is 3.48. The highest BCUT2D eigenvalue weighted by Crippen LogP contribution is 2.29. The number of H-pyrrole nitrogens is 1. The summed E-state index contributed by atoms with van der Waals surface area (Å²) in [5.74, 6) is 0. The summed E-state index contributed by atoms with van der Waals surface area (Å²) in [5.41, 5.74) is 5.36. The molecular formula is C16H19N4+. The lowest BCUT2D eigenvalue weighted by Gasteiger charge is -2.24. The van der Waals surface area contributed by atoms with Crippen molar-refractivity contribution in [1.82, 2.24) is 15.0 Å². The first-order chi connectivity index (χ1) is 9.54. The van der Waals surface area contributed by atoms with E-state index in [0.717, 1.165) is 27.9 Å². The molecule has 102 valence electrons. The van der Waals surface area contributed by atoms with E-state index in [1.54, 1.807) is 12.4 Å². The number of aromatic amines is 1. The Kier molecular flexibility index (Phi) is 3.03. The number of fused-ring (bicyclic) bond motifs is 1. The second-order valence-corrected chi connectivity index (χ2v) is 6.05. The highest BCUT2D eigenvalue weighted by molar-refractivity contribution is 5.84. The van der Waals surface area contributed by atoms with Crippen LogP contribution in [0.5, 0.6) is 0 Å². The minimum Gasteiger partial charge on any atom is -0.337 e. The molecule has 0 unspecified atom stereocenters. The van der Waals surface area contributed by atoms with Gasteiger partial charge in [-0.3, -0.25) is 4.98 Å². The summed E-state index contributed by atoms with van der Waals surface area (Å²) in [6, 6.07) is 10.4. The molecule has 1 N–H and O–H groups in total. The van der Waals surface area contributed by atoms with Crippen molar-refractivity contribution in [3.05, 3.63) is 48.3 Å². The molecule has 0 aliphatic rings. The Morgan fingerprint density at radius 3 is 2.40 bits per heavy atom. The summed E-state index contributed by atoms with van der Waals surface area (Å²) in [5, 5.41) is 0. The molecule has 0 aliphatic heterocycles. The largest absolute Gasteiger partial charge is 0.337 e. The first kappa shape index (κ1) is 12.8. The Morgan fingerprint density at radius 1 is 1.00 bits per heavy atom. The van der Waals surface area contributed by atoms with Gasteiger partial charge in [-0.2, -0.15) is 0 Å². The Balaban J connectivity index is 2.23. The zero-order valence-electron chi connectivity index (χ0n) is 12.1. The Labute approximate surface area is 118 Å². The lowest BCUT2D eigenvalue weighted by Crippen LogP contribution is -2.33. The fourth-order valence-electron chi connectivity index (χ4n) is 2.44. The third-order valence-corrected chi connectivity index (χ3v) is 3.22. The number of nitrogens with zero attached hydrogens (tertiary/aromatic N) is 3. The van der Waals surface area contributed by atoms with Crippen LogP contribution in [0.2, 0.25) is 0 Å². The standard InChI is InChI=1S/C16H19N4/c1-20(2,3)11-13-14(12-7-5-4-6-8-12)19-16-15(13)17-9-10-18-16/h4-10H,11H2,1-3H3,(H,18,19)/q+1. The third-order valence-electron chi connectivity index (χ3n) is 3.22. The van der Waals surface area contributed by atoms with Gasteiger partial charge in [0.05, 0.1) is 32.4 Å². The van der Waals surface area contributed by atoms with Gasteiger partial charge >= 0.3 is 0 Å². The second kappa shape index (κ2) is 4.72. The van der Waals surface area contributed by atoms with E-state index in [9.17, 15) is 0 Å². The van der Waals surface area contributed by atoms with E-state index >= 15 is 0 Å². The molecule has 0 amide bonds. The maximum atomic E-state index is 4.51. The molecule has 2 aromatic heterocycles. The topological polar surface area (TPSA) is 41.6 Å². The van der Waals surface area contributed by atoms with Crippen LogP contribution < -0.4 is 0 Å². The number of aromatic nitrogens is 3. The normalized spacial score (nSPS) is 11.9. The van der Waals surface area contributed by atoms with Gasteiger partial charge in [-0.25, -0.2) is 4.98 Å². The predicted molar refractivity (Wildman–Crippen MR) is 81.1 cm³/mol. The summed E-state index contributed by atoms with van der Waals surface area (Å²) in [4.78, 5) is 12.3. The van der Waals surface area contributed by atoms with Crippen LogP contribution in [-0.2, 0) is 6.54 Å². The summed E-state index contributed by atoms with van der Waals surface area (Å²) in [7, 11) is 6.55. The monoisotopic (exact) mass is 267 g/mol. The van der Waals surface area contributed by atoms with E-state index in [4.69, 9.17) is 0 Å². The number of benzene rings is 1. The summed E-state index contributed by atoms with van der Waals surface area (Å²) in [6.45, 7) is 0.906. The summed E-state index contributed by atoms with van der Waals surface area (Å²) < 4.78 is 0.851. The first-order valence-electron chi connectivity index (χ1n) is 6.72. The maximum absolute atomic E-state index is 4.51. The first-order valence-corrected chi connectivity index (χ1v) is 6.72. The molecule has 0 aliphatic carbocycles. The number of quaternary nitrogens is 1. The van der Waals surface area contributed by atoms with Crippen LogP contribution >= 0.6 is 0 Å². The Morgan fingerprint density at radius 2 is 1.70 bits per heavy atom. The van der Waals surface area contributed by atoms with E-state index in [1.165, 1.54) is 11.1 Å². The molecule has 0 atom stereocenters. The van der Waals surface area contributed by atoms with Crippen LogP contribution in [0.25, 0.3) is 22.4 Å². The Hall–Kier alpha value is -2.20. The quantitative estimate of drug-likeness (QED) is 0.741. The zero-order valence-corrected chi connectivity index (χ0v) is 12.1. The van der Waals surface area contributed by atoms with Crippen molar-refractivity contribution in [2.24, 2.45) is 0 Å². The maximum Gasteiger partial charge on any atom is 0.157 e. The SMILES string of the molecule is C[N+](C)(C)Cc1c(-c2ccccc2)[nH]c2nccnc12. The molecule has 3 aromatic rings. The van der Waals surface area contributed by atoms with Gasteiger partial charge in [-0.05, 0) is 5.56 Å². The molecule has 20 heavy (non-hydrogen) atoms. The van der Waals surface area contributed by atoms with Crippen LogP contribution in [0, 0.1) is 0 Å². The Bertz CT molecular complexity index is 723. The summed E-state index contributed by atoms with van der Waals surface area (Å²) >= 11 is 0. The number of nitrogens with one attached hydrogen (secondary N) is 1. The fraction of sp³-hybridized carbons (Fsp3) is 0.250. The smallest absolute Gasteiger partial charge is 0.157 e. The second-order valence-electron chi connectivity index (χ2n) is 6.05. The van der Waals surface area contributed by atoms with E-state index in [-0.39, 0.29) is 0 Å². The molecular weight excluding hydrogens is 248 g/mol. The van der Waals surface area contributed by atoms with Crippen molar-refractivity contribution in [2.45, 2.75) is 6.54 Å². The van der Waals surface area contributed by atoms with Crippen molar-refractivity contribution in [2.75, 3.05) is 21.1 Å². The molecule has 0 spiro atoms. The van der Waals surface area contributed by atoms with Gasteiger partial charge in [0.25, 0.3) is 0 Å². The molecule has 0 bridgehead atoms. The third kappa shape index (κ3) is 2.42. The van der Waals surface area contributed by atoms with E-state index < -0.39 is 0 Å². The predicted octanol–water partition coefficient (Wildman–Crippen LogP) is 2.83. The van der Waals surface area contributed by atoms with E-state index in [1.807, 2.05) is 6.07 Å². The van der Waals surface area contributed by atoms with Gasteiger partial charge in [0, 0.05) is 12.4 Å². The lowest BCUT2D eigenvalue weighted by atomic mass is 10.1. The average molecular weight is 267 g/mol. The van der Waals surface area contributed by atoms with Crippen molar-refractivity contribution in [3.63, 3.8) is 0 Å². The number of rotatable bonds is 3. The van der Waals surface area contributed by atoms with Crippen molar-refractivity contribution < 1.29 is 4.48 Å². The molecule has 3 rings (SSSR count). The minimum absolute atomic E-state index is 0.851. The van der Waals surface area contributed by atoms with Crippen LogP contribution in [0.15, 0.2) is 42.7 Å². The molecule has 0 saturated carbocycles. The van der Waals surface area contributed by atoms with Gasteiger partial charge in [0.2, 0.25) is 0 Å². The number of hydrogen-bond acceptors (Lipinski definition) is 2. The van der Waals surface area contributed by atoms with E-state index in [0.29, 0.717) is 0 Å². The minimum atomic E-state index is 0.851. The fourth-order valence-corrected chi connectivity index (χ4v) is 2.44. The molecule has 0 fully saturated rings. The molecule has 4 heteroatoms. The average Bonchev–Trinajstić information content (AvgIpc) is 2.77. The van der Waals surface area contributed by atoms with E-state index in [2.05, 4.69) is 60.4 Å².